The maximum absolute atomic E-state index is 12.8. The Morgan fingerprint density at radius 2 is 1.85 bits per heavy atom. The van der Waals surface area contributed by atoms with Gasteiger partial charge in [0.1, 0.15) is 5.57 Å². The Morgan fingerprint density at radius 1 is 1.11 bits per heavy atom. The number of nitrogens with zero attached hydrogens (tertiary/aromatic N) is 1. The molecule has 2 aromatic rings. The maximum atomic E-state index is 12.8. The van der Waals surface area contributed by atoms with Gasteiger partial charge in [0.15, 0.2) is 11.5 Å². The van der Waals surface area contributed by atoms with Crippen molar-refractivity contribution in [2.24, 2.45) is 0 Å². The third kappa shape index (κ3) is 3.79. The van der Waals surface area contributed by atoms with Crippen LogP contribution in [0.5, 0.6) is 11.5 Å². The average molecular weight is 366 g/mol. The van der Waals surface area contributed by atoms with Crippen molar-refractivity contribution in [2.75, 3.05) is 12.1 Å². The quantitative estimate of drug-likeness (QED) is 0.629. The monoisotopic (exact) mass is 366 g/mol. The number of carbonyl (C=O) groups excluding carboxylic acids is 2. The first-order valence-electron chi connectivity index (χ1n) is 8.81. The summed E-state index contributed by atoms with van der Waals surface area (Å²) in [6.45, 7) is 3.97. The Bertz CT molecular complexity index is 877. The third-order valence-corrected chi connectivity index (χ3v) is 4.33. The molecule has 2 amide bonds. The maximum Gasteiger partial charge on any atom is 0.282 e. The number of hydrogen-bond acceptors (Lipinski definition) is 4. The van der Waals surface area contributed by atoms with Crippen molar-refractivity contribution < 1.29 is 19.1 Å². The van der Waals surface area contributed by atoms with Crippen LogP contribution in [-0.2, 0) is 9.59 Å². The molecule has 27 heavy (non-hydrogen) atoms. The van der Waals surface area contributed by atoms with Crippen LogP contribution in [-0.4, -0.2) is 25.0 Å². The van der Waals surface area contributed by atoms with E-state index in [0.717, 1.165) is 6.42 Å². The Labute approximate surface area is 158 Å². The molecule has 2 aromatic carbocycles. The van der Waals surface area contributed by atoms with Gasteiger partial charge in [0, 0.05) is 5.56 Å². The van der Waals surface area contributed by atoms with Crippen LogP contribution in [0.25, 0.3) is 6.08 Å². The van der Waals surface area contributed by atoms with E-state index in [1.54, 1.807) is 55.7 Å². The minimum absolute atomic E-state index is 0.0348. The second kappa shape index (κ2) is 7.95. The molecule has 1 heterocycles. The lowest BCUT2D eigenvalue weighted by molar-refractivity contribution is -0.117. The van der Waals surface area contributed by atoms with Gasteiger partial charge in [-0.1, -0.05) is 37.3 Å². The van der Waals surface area contributed by atoms with E-state index in [9.17, 15) is 9.59 Å². The Balaban J connectivity index is 1.99. The molecule has 0 radical (unpaired) electrons. The summed E-state index contributed by atoms with van der Waals surface area (Å²) in [5.41, 5.74) is 3.85. The number of carbonyl (C=O) groups is 2. The van der Waals surface area contributed by atoms with Crippen molar-refractivity contribution in [1.29, 1.82) is 0 Å². The highest BCUT2D eigenvalue weighted by Crippen LogP contribution is 2.34. The fraction of sp³-hybridized carbons (Fsp3) is 0.238. The van der Waals surface area contributed by atoms with Crippen molar-refractivity contribution in [3.05, 3.63) is 59.7 Å². The molecule has 1 fully saturated rings. The molecule has 3 rings (SSSR count). The number of nitrogens with one attached hydrogen (secondary N) is 1. The first-order valence-corrected chi connectivity index (χ1v) is 8.81. The van der Waals surface area contributed by atoms with Crippen molar-refractivity contribution in [1.82, 2.24) is 5.43 Å². The molecule has 0 aromatic heterocycles. The fourth-order valence-electron chi connectivity index (χ4n) is 2.69. The number of para-hydroxylation sites is 2. The molecular weight excluding hydrogens is 344 g/mol. The molecule has 1 aliphatic heterocycles. The summed E-state index contributed by atoms with van der Waals surface area (Å²) in [5, 5.41) is 1.24. The minimum atomic E-state index is -0.457. The fourth-order valence-corrected chi connectivity index (χ4v) is 2.69. The zero-order chi connectivity index (χ0) is 19.4. The highest BCUT2D eigenvalue weighted by molar-refractivity contribution is 6.31. The number of amides is 2. The van der Waals surface area contributed by atoms with E-state index in [-0.39, 0.29) is 11.7 Å². The van der Waals surface area contributed by atoms with Crippen LogP contribution in [0.1, 0.15) is 25.8 Å². The molecule has 0 unspecified atom stereocenters. The van der Waals surface area contributed by atoms with Crippen LogP contribution >= 0.6 is 0 Å². The summed E-state index contributed by atoms with van der Waals surface area (Å²) in [6, 6.07) is 14.3. The van der Waals surface area contributed by atoms with Crippen LogP contribution in [0.2, 0.25) is 0 Å². The van der Waals surface area contributed by atoms with Crippen LogP contribution in [0.4, 0.5) is 5.69 Å². The molecule has 1 N–H and O–H groups in total. The van der Waals surface area contributed by atoms with E-state index in [2.05, 4.69) is 5.43 Å². The first-order chi connectivity index (χ1) is 13.0. The zero-order valence-electron chi connectivity index (χ0n) is 15.6. The zero-order valence-corrected chi connectivity index (χ0v) is 15.6. The molecule has 0 aliphatic carbocycles. The molecule has 6 nitrogen and oxygen atoms in total. The van der Waals surface area contributed by atoms with Gasteiger partial charge < -0.3 is 9.47 Å². The normalized spacial score (nSPS) is 16.4. The van der Waals surface area contributed by atoms with Crippen molar-refractivity contribution >= 4 is 23.6 Å². The average Bonchev–Trinajstić information content (AvgIpc) is 2.97. The summed E-state index contributed by atoms with van der Waals surface area (Å²) < 4.78 is 11.4. The van der Waals surface area contributed by atoms with Crippen molar-refractivity contribution in [3.63, 3.8) is 0 Å². The number of hydrazine groups is 1. The summed E-state index contributed by atoms with van der Waals surface area (Å²) in [6.07, 6.45) is 2.32. The van der Waals surface area contributed by atoms with E-state index < -0.39 is 11.8 Å². The number of benzene rings is 2. The summed E-state index contributed by atoms with van der Waals surface area (Å²) in [5.74, 6) is 0.195. The highest BCUT2D eigenvalue weighted by Gasteiger charge is 2.34. The van der Waals surface area contributed by atoms with Gasteiger partial charge in [-0.05, 0) is 37.6 Å². The Kier molecular flexibility index (Phi) is 5.45. The predicted molar refractivity (Wildman–Crippen MR) is 103 cm³/mol. The third-order valence-electron chi connectivity index (χ3n) is 4.33. The smallest absolute Gasteiger partial charge is 0.282 e. The van der Waals surface area contributed by atoms with E-state index in [1.807, 2.05) is 19.9 Å². The number of anilines is 1. The molecule has 140 valence electrons. The van der Waals surface area contributed by atoms with Crippen LogP contribution in [0.15, 0.2) is 54.1 Å². The first kappa shape index (κ1) is 18.5. The minimum Gasteiger partial charge on any atom is -0.493 e. The van der Waals surface area contributed by atoms with Crippen LogP contribution < -0.4 is 19.9 Å². The molecule has 0 bridgehead atoms. The lowest BCUT2D eigenvalue weighted by Gasteiger charge is -2.17. The highest BCUT2D eigenvalue weighted by atomic mass is 16.5. The molecule has 1 saturated heterocycles. The predicted octanol–water partition coefficient (Wildman–Crippen LogP) is 3.33. The van der Waals surface area contributed by atoms with Gasteiger partial charge >= 0.3 is 0 Å². The second-order valence-electron chi connectivity index (χ2n) is 6.19. The largest absolute Gasteiger partial charge is 0.493 e. The lowest BCUT2D eigenvalue weighted by Crippen LogP contribution is -2.35. The van der Waals surface area contributed by atoms with Gasteiger partial charge in [0.2, 0.25) is 0 Å². The van der Waals surface area contributed by atoms with E-state index in [1.165, 1.54) is 5.01 Å². The molecule has 6 heteroatoms. The van der Waals surface area contributed by atoms with Gasteiger partial charge in [-0.3, -0.25) is 15.0 Å². The van der Waals surface area contributed by atoms with Gasteiger partial charge in [-0.15, -0.1) is 0 Å². The summed E-state index contributed by atoms with van der Waals surface area (Å²) >= 11 is 0. The number of rotatable bonds is 6. The number of methoxy groups -OCH3 is 1. The second-order valence-corrected chi connectivity index (χ2v) is 6.19. The number of ether oxygens (including phenoxy) is 2. The van der Waals surface area contributed by atoms with Crippen molar-refractivity contribution in [2.45, 2.75) is 26.4 Å². The molecular formula is C21H22N2O4. The molecule has 1 aliphatic rings. The van der Waals surface area contributed by atoms with Gasteiger partial charge in [0.25, 0.3) is 11.8 Å². The SMILES string of the molecule is CC[C@@H](C)Oc1c(/C=C2/C(=O)NN(c3ccccc3)C2=O)cccc1OC. The van der Waals surface area contributed by atoms with Gasteiger partial charge in [-0.2, -0.15) is 0 Å². The topological polar surface area (TPSA) is 67.9 Å². The molecule has 0 saturated carbocycles. The Hall–Kier alpha value is -3.28. The Morgan fingerprint density at radius 3 is 2.52 bits per heavy atom. The van der Waals surface area contributed by atoms with Crippen LogP contribution in [0.3, 0.4) is 0 Å². The summed E-state index contributed by atoms with van der Waals surface area (Å²) in [7, 11) is 1.56. The standard InChI is InChI=1S/C21H22N2O4/c1-4-14(2)27-19-15(9-8-12-18(19)26-3)13-17-20(24)22-23(21(17)25)16-10-6-5-7-11-16/h5-14H,4H2,1-3H3,(H,22,24)/b17-13-/t14-/m1/s1. The van der Waals surface area contributed by atoms with Gasteiger partial charge in [-0.25, -0.2) is 5.01 Å². The lowest BCUT2D eigenvalue weighted by atomic mass is 10.1. The number of hydrogen-bond donors (Lipinski definition) is 1. The van der Waals surface area contributed by atoms with E-state index in [0.29, 0.717) is 22.7 Å². The van der Waals surface area contributed by atoms with E-state index >= 15 is 0 Å². The summed E-state index contributed by atoms with van der Waals surface area (Å²) in [4.78, 5) is 25.2. The van der Waals surface area contributed by atoms with Crippen molar-refractivity contribution in [3.8, 4) is 11.5 Å². The van der Waals surface area contributed by atoms with Gasteiger partial charge in [0.05, 0.1) is 18.9 Å². The van der Waals surface area contributed by atoms with Crippen LogP contribution in [0, 0.1) is 0 Å². The molecule has 1 atom stereocenters. The van der Waals surface area contributed by atoms with E-state index in [4.69, 9.17) is 9.47 Å². The molecule has 0 spiro atoms.